The van der Waals surface area contributed by atoms with Gasteiger partial charge in [-0.2, -0.15) is 0 Å². The molecule has 11 heteroatoms. The van der Waals surface area contributed by atoms with Crippen molar-refractivity contribution in [1.82, 2.24) is 10.2 Å². The number of nitrogens with one attached hydrogen (secondary N) is 1. The van der Waals surface area contributed by atoms with Crippen molar-refractivity contribution in [2.75, 3.05) is 20.6 Å². The fourth-order valence-electron chi connectivity index (χ4n) is 7.43. The lowest BCUT2D eigenvalue weighted by Gasteiger charge is -2.50. The third kappa shape index (κ3) is 5.41. The molecule has 0 saturated heterocycles. The van der Waals surface area contributed by atoms with Crippen molar-refractivity contribution in [2.45, 2.75) is 37.5 Å². The maximum absolute atomic E-state index is 14.1. The number of hydrogen-bond acceptors (Lipinski definition) is 9. The van der Waals surface area contributed by atoms with Gasteiger partial charge in [0.25, 0.3) is 5.91 Å². The van der Waals surface area contributed by atoms with E-state index in [4.69, 9.17) is 17.3 Å². The Morgan fingerprint density at radius 3 is 2.30 bits per heavy atom. The van der Waals surface area contributed by atoms with Gasteiger partial charge in [-0.25, -0.2) is 0 Å². The molecular formula is C36H36ClN3O7. The van der Waals surface area contributed by atoms with E-state index < -0.39 is 58.0 Å². The molecule has 4 atom stereocenters. The van der Waals surface area contributed by atoms with Crippen molar-refractivity contribution in [1.29, 1.82) is 0 Å². The average Bonchev–Trinajstić information content (AvgIpc) is 3.02. The van der Waals surface area contributed by atoms with E-state index >= 15 is 0 Å². The van der Waals surface area contributed by atoms with Crippen LogP contribution in [0.15, 0.2) is 77.6 Å². The lowest BCUT2D eigenvalue weighted by molar-refractivity contribution is -0.153. The normalized spacial score (nSPS) is 23.9. The highest BCUT2D eigenvalue weighted by Crippen LogP contribution is 2.53. The minimum absolute atomic E-state index is 0.0293. The van der Waals surface area contributed by atoms with Gasteiger partial charge in [-0.3, -0.25) is 19.3 Å². The van der Waals surface area contributed by atoms with Crippen LogP contribution in [0.1, 0.15) is 28.7 Å². The average molecular weight is 658 g/mol. The topological polar surface area (TPSA) is 173 Å². The molecule has 0 heterocycles. The number of aliphatic hydroxyl groups excluding tert-OH is 2. The van der Waals surface area contributed by atoms with Gasteiger partial charge in [0, 0.05) is 23.1 Å². The second-order valence-corrected chi connectivity index (χ2v) is 13.1. The van der Waals surface area contributed by atoms with Gasteiger partial charge in [-0.05, 0) is 91.8 Å². The summed E-state index contributed by atoms with van der Waals surface area (Å²) in [5.74, 6) is -6.73. The number of phenolic OH excluding ortho intramolecular Hbond substituents is 1. The van der Waals surface area contributed by atoms with Crippen molar-refractivity contribution in [3.05, 3.63) is 105 Å². The Morgan fingerprint density at radius 1 is 1.00 bits per heavy atom. The van der Waals surface area contributed by atoms with E-state index in [-0.39, 0.29) is 29.7 Å². The zero-order chi connectivity index (χ0) is 33.8. The van der Waals surface area contributed by atoms with E-state index in [2.05, 4.69) is 5.32 Å². The van der Waals surface area contributed by atoms with Crippen LogP contribution >= 0.6 is 11.6 Å². The molecule has 0 radical (unpaired) electrons. The number of benzene rings is 3. The second-order valence-electron chi connectivity index (χ2n) is 12.7. The molecule has 3 aromatic carbocycles. The Balaban J connectivity index is 1.31. The predicted molar refractivity (Wildman–Crippen MR) is 177 cm³/mol. The molecule has 7 N–H and O–H groups in total. The third-order valence-electron chi connectivity index (χ3n) is 9.70. The maximum atomic E-state index is 14.1. The van der Waals surface area contributed by atoms with Crippen LogP contribution in [-0.2, 0) is 33.8 Å². The highest BCUT2D eigenvalue weighted by molar-refractivity contribution is 6.30. The number of amides is 1. The fourth-order valence-corrected chi connectivity index (χ4v) is 7.56. The molecular weight excluding hydrogens is 622 g/mol. The van der Waals surface area contributed by atoms with Crippen LogP contribution in [0, 0.1) is 11.8 Å². The molecule has 47 heavy (non-hydrogen) atoms. The number of rotatable bonds is 8. The first-order chi connectivity index (χ1) is 22.3. The number of carbonyl (C=O) groups is 3. The number of carbonyl (C=O) groups excluding carboxylic acids is 3. The smallest absolute Gasteiger partial charge is 0.255 e. The molecule has 4 unspecified atom stereocenters. The summed E-state index contributed by atoms with van der Waals surface area (Å²) in [7, 11) is 3.14. The van der Waals surface area contributed by atoms with Gasteiger partial charge in [-0.15, -0.1) is 0 Å². The first-order valence-electron chi connectivity index (χ1n) is 15.4. The number of fused-ring (bicyclic) bond motifs is 3. The highest BCUT2D eigenvalue weighted by Gasteiger charge is 2.64. The minimum atomic E-state index is -2.67. The van der Waals surface area contributed by atoms with Crippen LogP contribution in [0.25, 0.3) is 16.9 Å². The number of phenols is 1. The molecule has 0 bridgehead atoms. The van der Waals surface area contributed by atoms with Gasteiger partial charge >= 0.3 is 0 Å². The van der Waals surface area contributed by atoms with E-state index in [1.54, 1.807) is 20.2 Å². The fraction of sp³-hybridized carbons (Fsp3) is 0.306. The number of aliphatic hydroxyl groups is 3. The lowest BCUT2D eigenvalue weighted by atomic mass is 9.57. The molecule has 6 rings (SSSR count). The Morgan fingerprint density at radius 2 is 1.66 bits per heavy atom. The van der Waals surface area contributed by atoms with Gasteiger partial charge in [0.1, 0.15) is 22.8 Å². The number of nitrogens with two attached hydrogens (primary N) is 1. The lowest BCUT2D eigenvalue weighted by Crippen LogP contribution is -2.65. The summed E-state index contributed by atoms with van der Waals surface area (Å²) >= 11 is 5.97. The molecule has 244 valence electrons. The zero-order valence-corrected chi connectivity index (χ0v) is 26.7. The summed E-state index contributed by atoms with van der Waals surface area (Å²) in [4.78, 5) is 41.1. The van der Waals surface area contributed by atoms with E-state index in [9.17, 15) is 34.8 Å². The molecule has 1 fully saturated rings. The molecule has 1 amide bonds. The summed E-state index contributed by atoms with van der Waals surface area (Å²) < 4.78 is 0. The molecule has 0 aromatic heterocycles. The number of likely N-dealkylation sites (N-methyl/N-ethyl adjacent to an activating group) is 1. The largest absolute Gasteiger partial charge is 0.508 e. The number of primary amides is 1. The summed E-state index contributed by atoms with van der Waals surface area (Å²) in [6, 6.07) is 17.7. The van der Waals surface area contributed by atoms with E-state index in [1.165, 1.54) is 16.5 Å². The predicted octanol–water partition coefficient (Wildman–Crippen LogP) is 3.62. The van der Waals surface area contributed by atoms with Gasteiger partial charge in [0.2, 0.25) is 5.78 Å². The van der Waals surface area contributed by atoms with Crippen LogP contribution in [0.2, 0.25) is 5.02 Å². The molecule has 10 nitrogen and oxygen atoms in total. The van der Waals surface area contributed by atoms with Crippen molar-refractivity contribution >= 4 is 34.8 Å². The highest BCUT2D eigenvalue weighted by atomic mass is 35.5. The summed E-state index contributed by atoms with van der Waals surface area (Å²) in [5, 5.41) is 49.4. The molecule has 1 saturated carbocycles. The van der Waals surface area contributed by atoms with Crippen LogP contribution in [0.3, 0.4) is 0 Å². The Kier molecular flexibility index (Phi) is 8.48. The van der Waals surface area contributed by atoms with E-state index in [0.29, 0.717) is 17.1 Å². The zero-order valence-electron chi connectivity index (χ0n) is 26.0. The standard InChI is InChI=1S/C36H36ClN3O7/c1-40(2)30-25-16-21-15-24-23(20-7-3-19(4-8-20)17-39-14-13-18-5-9-22(37)10-6-18)11-12-26(41)28(24)31(42)27(21)33(44)36(25,47)34(45)29(32(30)43)35(38)46/h3-12,21,25,30,39,41-42,45,47H,13-17H2,1-2H3,(H2,38,46). The Bertz CT molecular complexity index is 1850. The van der Waals surface area contributed by atoms with Crippen molar-refractivity contribution < 1.29 is 34.8 Å². The van der Waals surface area contributed by atoms with Crippen LogP contribution in [0.4, 0.5) is 0 Å². The van der Waals surface area contributed by atoms with E-state index in [0.717, 1.165) is 29.7 Å². The summed E-state index contributed by atoms with van der Waals surface area (Å²) in [6.07, 6.45) is 1.11. The van der Waals surface area contributed by atoms with Gasteiger partial charge < -0.3 is 31.5 Å². The number of aromatic hydroxyl groups is 1. The first kappa shape index (κ1) is 32.5. The summed E-state index contributed by atoms with van der Waals surface area (Å²) in [5.41, 5.74) is 6.24. The maximum Gasteiger partial charge on any atom is 0.255 e. The van der Waals surface area contributed by atoms with Crippen molar-refractivity contribution in [3.63, 3.8) is 0 Å². The molecule has 0 spiro atoms. The SMILES string of the molecule is CN(C)C1C(=O)C(C(N)=O)=C(O)C2(O)C(=O)C3=C(O)c4c(O)ccc(-c5ccc(CNCCc6ccc(Cl)cc6)cc5)c4CC3CC12. The third-order valence-corrected chi connectivity index (χ3v) is 9.95. The minimum Gasteiger partial charge on any atom is -0.508 e. The van der Waals surface area contributed by atoms with Gasteiger partial charge in [0.15, 0.2) is 11.4 Å². The number of halogens is 1. The van der Waals surface area contributed by atoms with Crippen molar-refractivity contribution in [3.8, 4) is 16.9 Å². The van der Waals surface area contributed by atoms with Crippen molar-refractivity contribution in [2.24, 2.45) is 17.6 Å². The number of Topliss-reactive ketones (excluding diaryl/α,β-unsaturated/α-hetero) is 2. The van der Waals surface area contributed by atoms with E-state index in [1.807, 2.05) is 48.5 Å². The van der Waals surface area contributed by atoms with Gasteiger partial charge in [-0.1, -0.05) is 54.1 Å². The summed E-state index contributed by atoms with van der Waals surface area (Å²) in [6.45, 7) is 1.45. The van der Waals surface area contributed by atoms with Crippen LogP contribution in [0.5, 0.6) is 5.75 Å². The number of hydrogen-bond donors (Lipinski definition) is 6. The molecule has 3 aliphatic carbocycles. The number of nitrogens with zero attached hydrogens (tertiary/aromatic N) is 1. The van der Waals surface area contributed by atoms with Crippen LogP contribution in [-0.4, -0.2) is 75.1 Å². The molecule has 0 aliphatic heterocycles. The quantitative estimate of drug-likeness (QED) is 0.156. The Hall–Kier alpha value is -4.48. The Labute approximate surface area is 276 Å². The molecule has 3 aliphatic rings. The monoisotopic (exact) mass is 657 g/mol. The second kappa shape index (κ2) is 12.3. The van der Waals surface area contributed by atoms with Gasteiger partial charge in [0.05, 0.1) is 11.6 Å². The van der Waals surface area contributed by atoms with Crippen LogP contribution < -0.4 is 11.1 Å². The molecule has 3 aromatic rings. The number of ketones is 2. The first-order valence-corrected chi connectivity index (χ1v) is 15.8.